The van der Waals surface area contributed by atoms with Gasteiger partial charge in [0.15, 0.2) is 0 Å². The number of piperazine rings is 1. The highest BCUT2D eigenvalue weighted by molar-refractivity contribution is 5.92. The van der Waals surface area contributed by atoms with Crippen LogP contribution in [0.25, 0.3) is 0 Å². The molecule has 1 unspecified atom stereocenters. The zero-order valence-electron chi connectivity index (χ0n) is 14.7. The van der Waals surface area contributed by atoms with Crippen LogP contribution in [-0.2, 0) is 9.59 Å². The van der Waals surface area contributed by atoms with Crippen LogP contribution in [0.3, 0.4) is 0 Å². The van der Waals surface area contributed by atoms with Gasteiger partial charge in [0.2, 0.25) is 11.8 Å². The molecule has 1 atom stereocenters. The normalized spacial score (nSPS) is 21.7. The zero-order chi connectivity index (χ0) is 17.9. The third kappa shape index (κ3) is 6.57. The Kier molecular flexibility index (Phi) is 8.87. The fourth-order valence-corrected chi connectivity index (χ4v) is 3.16. The zero-order valence-corrected chi connectivity index (χ0v) is 16.3. The van der Waals surface area contributed by atoms with Crippen molar-refractivity contribution in [3.8, 4) is 0 Å². The van der Waals surface area contributed by atoms with E-state index in [4.69, 9.17) is 0 Å². The fraction of sp³-hybridized carbons (Fsp3) is 0.529. The van der Waals surface area contributed by atoms with Crippen LogP contribution in [0, 0.1) is 0 Å². The average molecular weight is 425 g/mol. The summed E-state index contributed by atoms with van der Waals surface area (Å²) in [6.07, 6.45) is -0.439. The maximum absolute atomic E-state index is 13.2. The molecule has 2 amide bonds. The van der Waals surface area contributed by atoms with Crippen LogP contribution in [0.15, 0.2) is 30.3 Å². The molecule has 2 fully saturated rings. The van der Waals surface area contributed by atoms with Crippen LogP contribution in [0.1, 0.15) is 6.42 Å². The van der Waals surface area contributed by atoms with Gasteiger partial charge in [0, 0.05) is 38.3 Å². The van der Waals surface area contributed by atoms with Gasteiger partial charge in [-0.1, -0.05) is 18.2 Å². The number of nitrogens with zero attached hydrogens (tertiary/aromatic N) is 2. The summed E-state index contributed by atoms with van der Waals surface area (Å²) in [5, 5.41) is 5.42. The summed E-state index contributed by atoms with van der Waals surface area (Å²) in [6, 6.07) is 8.41. The highest BCUT2D eigenvalue weighted by Crippen LogP contribution is 2.26. The topological polar surface area (TPSA) is 64.7 Å². The molecule has 10 heteroatoms. The maximum Gasteiger partial charge on any atom is 0.262 e. The first kappa shape index (κ1) is 23.6. The predicted octanol–water partition coefficient (Wildman–Crippen LogP) is 1.61. The van der Waals surface area contributed by atoms with E-state index < -0.39 is 24.9 Å². The first-order chi connectivity index (χ1) is 11.9. The molecule has 2 heterocycles. The number of hydrogen-bond acceptors (Lipinski definition) is 4. The summed E-state index contributed by atoms with van der Waals surface area (Å²) < 4.78 is 26.4. The number of alkyl halides is 2. The number of amides is 2. The van der Waals surface area contributed by atoms with Crippen molar-refractivity contribution in [2.45, 2.75) is 18.4 Å². The number of nitrogens with one attached hydrogen (secondary N) is 2. The quantitative estimate of drug-likeness (QED) is 0.770. The average Bonchev–Trinajstić information content (AvgIpc) is 2.96. The Morgan fingerprint density at radius 1 is 1.11 bits per heavy atom. The first-order valence-corrected chi connectivity index (χ1v) is 8.40. The van der Waals surface area contributed by atoms with Crippen LogP contribution < -0.4 is 10.6 Å². The van der Waals surface area contributed by atoms with Gasteiger partial charge in [-0.2, -0.15) is 0 Å². The van der Waals surface area contributed by atoms with E-state index >= 15 is 0 Å². The van der Waals surface area contributed by atoms with Gasteiger partial charge in [-0.25, -0.2) is 8.78 Å². The van der Waals surface area contributed by atoms with Crippen LogP contribution in [0.4, 0.5) is 14.5 Å². The van der Waals surface area contributed by atoms with Gasteiger partial charge in [0.1, 0.15) is 0 Å². The Bertz CT molecular complexity index is 629. The van der Waals surface area contributed by atoms with Crippen molar-refractivity contribution in [2.75, 3.05) is 44.6 Å². The number of hydrogen-bond donors (Lipinski definition) is 2. The van der Waals surface area contributed by atoms with Crippen LogP contribution in [-0.4, -0.2) is 72.8 Å². The van der Waals surface area contributed by atoms with Crippen molar-refractivity contribution in [1.82, 2.24) is 15.1 Å². The predicted molar refractivity (Wildman–Crippen MR) is 104 cm³/mol. The summed E-state index contributed by atoms with van der Waals surface area (Å²) in [5.41, 5.74) is 0.745. The number of anilines is 1. The number of carbonyl (C=O) groups excluding carboxylic acids is 2. The monoisotopic (exact) mass is 424 g/mol. The van der Waals surface area contributed by atoms with E-state index in [0.717, 1.165) is 5.69 Å². The number of para-hydroxylation sites is 1. The Morgan fingerprint density at radius 3 is 2.30 bits per heavy atom. The van der Waals surface area contributed by atoms with Gasteiger partial charge in [0.25, 0.3) is 5.92 Å². The van der Waals surface area contributed by atoms with Gasteiger partial charge in [-0.3, -0.25) is 19.8 Å². The summed E-state index contributed by atoms with van der Waals surface area (Å²) in [6.45, 7) is 1.80. The minimum Gasteiger partial charge on any atom is -0.339 e. The lowest BCUT2D eigenvalue weighted by Crippen LogP contribution is -2.54. The van der Waals surface area contributed by atoms with Crippen molar-refractivity contribution in [3.63, 3.8) is 0 Å². The molecule has 2 saturated heterocycles. The molecule has 0 saturated carbocycles. The summed E-state index contributed by atoms with van der Waals surface area (Å²) in [7, 11) is 0. The fourth-order valence-electron chi connectivity index (χ4n) is 3.16. The highest BCUT2D eigenvalue weighted by Gasteiger charge is 2.43. The molecule has 3 rings (SSSR count). The molecule has 0 bridgehead atoms. The molecule has 0 aromatic heterocycles. The highest BCUT2D eigenvalue weighted by atomic mass is 35.5. The second-order valence-corrected chi connectivity index (χ2v) is 6.51. The van der Waals surface area contributed by atoms with Gasteiger partial charge < -0.3 is 10.2 Å². The number of carbonyl (C=O) groups is 2. The molecule has 27 heavy (non-hydrogen) atoms. The molecule has 0 aliphatic carbocycles. The minimum absolute atomic E-state index is 0. The molecule has 1 aromatic carbocycles. The van der Waals surface area contributed by atoms with Crippen molar-refractivity contribution < 1.29 is 18.4 Å². The Balaban J connectivity index is 0.00000182. The van der Waals surface area contributed by atoms with E-state index in [2.05, 4.69) is 10.6 Å². The van der Waals surface area contributed by atoms with Crippen molar-refractivity contribution in [1.29, 1.82) is 0 Å². The van der Waals surface area contributed by atoms with Gasteiger partial charge >= 0.3 is 0 Å². The van der Waals surface area contributed by atoms with Gasteiger partial charge in [-0.15, -0.1) is 24.8 Å². The molecular weight excluding hydrogens is 401 g/mol. The Labute approximate surface area is 169 Å². The number of halogens is 4. The maximum atomic E-state index is 13.2. The summed E-state index contributed by atoms with van der Waals surface area (Å²) >= 11 is 0. The van der Waals surface area contributed by atoms with E-state index in [-0.39, 0.29) is 43.2 Å². The first-order valence-electron chi connectivity index (χ1n) is 8.40. The lowest BCUT2D eigenvalue weighted by molar-refractivity contribution is -0.135. The van der Waals surface area contributed by atoms with E-state index in [9.17, 15) is 18.4 Å². The molecule has 2 N–H and O–H groups in total. The molecule has 152 valence electrons. The van der Waals surface area contributed by atoms with Crippen LogP contribution in [0.5, 0.6) is 0 Å². The molecule has 1 aromatic rings. The molecular formula is C17H24Cl2F2N4O2. The lowest BCUT2D eigenvalue weighted by Gasteiger charge is -2.35. The third-order valence-electron chi connectivity index (χ3n) is 4.52. The molecule has 6 nitrogen and oxygen atoms in total. The molecule has 0 spiro atoms. The smallest absolute Gasteiger partial charge is 0.262 e. The molecule has 2 aliphatic heterocycles. The number of rotatable bonds is 4. The second kappa shape index (κ2) is 10.2. The lowest BCUT2D eigenvalue weighted by atomic mass is 10.1. The summed E-state index contributed by atoms with van der Waals surface area (Å²) in [4.78, 5) is 27.9. The minimum atomic E-state index is -2.81. The van der Waals surface area contributed by atoms with Gasteiger partial charge in [0.05, 0.1) is 19.1 Å². The number of benzene rings is 1. The van der Waals surface area contributed by atoms with E-state index in [0.29, 0.717) is 26.2 Å². The van der Waals surface area contributed by atoms with Crippen molar-refractivity contribution >= 4 is 42.3 Å². The Morgan fingerprint density at radius 2 is 1.74 bits per heavy atom. The third-order valence-corrected chi connectivity index (χ3v) is 4.52. The SMILES string of the molecule is Cl.Cl.O=C(CN1CCN(C(=O)C2CC(F)(F)CN2)CC1)Nc1ccccc1. The van der Waals surface area contributed by atoms with E-state index in [1.54, 1.807) is 4.90 Å². The van der Waals surface area contributed by atoms with Crippen molar-refractivity contribution in [3.05, 3.63) is 30.3 Å². The van der Waals surface area contributed by atoms with Crippen LogP contribution >= 0.6 is 24.8 Å². The largest absolute Gasteiger partial charge is 0.339 e. The van der Waals surface area contributed by atoms with Crippen LogP contribution in [0.2, 0.25) is 0 Å². The van der Waals surface area contributed by atoms with E-state index in [1.807, 2.05) is 35.2 Å². The molecule has 2 aliphatic rings. The molecule has 0 radical (unpaired) electrons. The summed E-state index contributed by atoms with van der Waals surface area (Å²) in [5.74, 6) is -3.19. The standard InChI is InChI=1S/C17H22F2N4O2.2ClH/c18-17(19)10-14(20-12-17)16(25)23-8-6-22(7-9-23)11-15(24)21-13-4-2-1-3-5-13;;/h1-5,14,20H,6-12H2,(H,21,24);2*1H. The van der Waals surface area contributed by atoms with Gasteiger partial charge in [-0.05, 0) is 12.1 Å². The van der Waals surface area contributed by atoms with Crippen molar-refractivity contribution in [2.24, 2.45) is 0 Å². The second-order valence-electron chi connectivity index (χ2n) is 6.51. The Hall–Kier alpha value is -1.48. The van der Waals surface area contributed by atoms with E-state index in [1.165, 1.54) is 0 Å².